The fraction of sp³-hybridized carbons (Fsp3) is 0.455. The first-order valence-corrected chi connectivity index (χ1v) is 7.47. The lowest BCUT2D eigenvalue weighted by molar-refractivity contribution is 0.533. The molecule has 0 aliphatic rings. The normalized spacial score (nSPS) is 11.9. The molecule has 1 aromatic carbocycles. The largest absolute Gasteiger partial charge is 0.252 e. The second-order valence-corrected chi connectivity index (χ2v) is 6.72. The molecule has 0 unspecified atom stereocenters. The van der Waals surface area contributed by atoms with Crippen molar-refractivity contribution in [3.05, 3.63) is 30.3 Å². The average Bonchev–Trinajstić information content (AvgIpc) is 2.30. The van der Waals surface area contributed by atoms with E-state index in [9.17, 15) is 8.42 Å². The molecule has 0 atom stereocenters. The molecule has 0 spiro atoms. The van der Waals surface area contributed by atoms with E-state index in [0.717, 1.165) is 19.3 Å². The Morgan fingerprint density at radius 1 is 1.19 bits per heavy atom. The van der Waals surface area contributed by atoms with E-state index < -0.39 is 10.0 Å². The number of hydrogen-bond acceptors (Lipinski definition) is 2. The van der Waals surface area contributed by atoms with Gasteiger partial charge in [-0.15, -0.1) is 3.33 Å². The van der Waals surface area contributed by atoms with E-state index in [4.69, 9.17) is 0 Å². The van der Waals surface area contributed by atoms with Crippen LogP contribution in [-0.4, -0.2) is 18.3 Å². The van der Waals surface area contributed by atoms with Crippen LogP contribution in [0.25, 0.3) is 0 Å². The van der Waals surface area contributed by atoms with Crippen molar-refractivity contribution in [1.82, 2.24) is 3.33 Å². The quantitative estimate of drug-likeness (QED) is 0.598. The summed E-state index contributed by atoms with van der Waals surface area (Å²) >= 11 is 3.11. The van der Waals surface area contributed by atoms with Crippen LogP contribution in [0.1, 0.15) is 26.2 Å². The first-order chi connectivity index (χ1) is 7.59. The molecule has 3 nitrogen and oxygen atoms in total. The fourth-order valence-corrected chi connectivity index (χ4v) is 3.16. The smallest absolute Gasteiger partial charge is 0.206 e. The molecule has 0 heterocycles. The van der Waals surface area contributed by atoms with Gasteiger partial charge in [-0.3, -0.25) is 0 Å². The molecule has 0 aliphatic carbocycles. The molecule has 1 rings (SSSR count). The highest BCUT2D eigenvalue weighted by Crippen LogP contribution is 2.19. The van der Waals surface area contributed by atoms with Gasteiger partial charge < -0.3 is 0 Å². The molecular weight excluding hydrogens is 290 g/mol. The second-order valence-electron chi connectivity index (χ2n) is 3.54. The fourth-order valence-electron chi connectivity index (χ4n) is 1.31. The van der Waals surface area contributed by atoms with E-state index in [-0.39, 0.29) is 0 Å². The maximum atomic E-state index is 12.0. The monoisotopic (exact) mass is 305 g/mol. The average molecular weight is 306 g/mol. The van der Waals surface area contributed by atoms with E-state index >= 15 is 0 Å². The van der Waals surface area contributed by atoms with Gasteiger partial charge in [0.05, 0.1) is 4.90 Å². The van der Waals surface area contributed by atoms with Crippen molar-refractivity contribution >= 4 is 26.2 Å². The van der Waals surface area contributed by atoms with Crippen LogP contribution in [0.4, 0.5) is 0 Å². The van der Waals surface area contributed by atoms with Gasteiger partial charge in [-0.2, -0.15) is 0 Å². The summed E-state index contributed by atoms with van der Waals surface area (Å²) in [7, 11) is -3.37. The minimum Gasteiger partial charge on any atom is -0.206 e. The second kappa shape index (κ2) is 6.37. The zero-order chi connectivity index (χ0) is 12.0. The third-order valence-electron chi connectivity index (χ3n) is 2.24. The SMILES string of the molecule is CCCCCN(Br)S(=O)(=O)c1ccccc1. The summed E-state index contributed by atoms with van der Waals surface area (Å²) < 4.78 is 25.3. The Labute approximate surface area is 106 Å². The molecule has 0 saturated carbocycles. The summed E-state index contributed by atoms with van der Waals surface area (Å²) in [6.45, 7) is 2.59. The lowest BCUT2D eigenvalue weighted by Crippen LogP contribution is -2.22. The predicted molar refractivity (Wildman–Crippen MR) is 68.8 cm³/mol. The van der Waals surface area contributed by atoms with Crippen molar-refractivity contribution in [3.8, 4) is 0 Å². The summed E-state index contributed by atoms with van der Waals surface area (Å²) in [6.07, 6.45) is 2.98. The highest BCUT2D eigenvalue weighted by Gasteiger charge is 2.21. The molecule has 0 radical (unpaired) electrons. The van der Waals surface area contributed by atoms with Crippen LogP contribution in [0.3, 0.4) is 0 Å². The van der Waals surface area contributed by atoms with Crippen molar-refractivity contribution in [2.45, 2.75) is 31.1 Å². The van der Waals surface area contributed by atoms with E-state index in [1.54, 1.807) is 30.3 Å². The Bertz CT molecular complexity index is 405. The van der Waals surface area contributed by atoms with Crippen molar-refractivity contribution in [2.24, 2.45) is 0 Å². The van der Waals surface area contributed by atoms with Crippen LogP contribution in [0, 0.1) is 0 Å². The van der Waals surface area contributed by atoms with Gasteiger partial charge in [-0.05, 0) is 18.6 Å². The number of benzene rings is 1. The number of sulfonamides is 1. The number of nitrogens with zero attached hydrogens (tertiary/aromatic N) is 1. The molecule has 0 N–H and O–H groups in total. The van der Waals surface area contributed by atoms with Crippen LogP contribution in [0.15, 0.2) is 35.2 Å². The van der Waals surface area contributed by atoms with Gasteiger partial charge >= 0.3 is 0 Å². The molecule has 0 aliphatic heterocycles. The number of rotatable bonds is 6. The van der Waals surface area contributed by atoms with Gasteiger partial charge in [0.25, 0.3) is 10.0 Å². The first kappa shape index (κ1) is 13.7. The molecule has 5 heteroatoms. The van der Waals surface area contributed by atoms with Crippen LogP contribution in [-0.2, 0) is 10.0 Å². The number of hydrogen-bond donors (Lipinski definition) is 0. The van der Waals surface area contributed by atoms with Gasteiger partial charge in [-0.25, -0.2) is 8.42 Å². The number of halogens is 1. The summed E-state index contributed by atoms with van der Waals surface area (Å²) in [4.78, 5) is 0.323. The third-order valence-corrected chi connectivity index (χ3v) is 5.31. The third kappa shape index (κ3) is 3.57. The topological polar surface area (TPSA) is 37.4 Å². The van der Waals surface area contributed by atoms with Crippen LogP contribution in [0.2, 0.25) is 0 Å². The van der Waals surface area contributed by atoms with Gasteiger partial charge in [0.1, 0.15) is 0 Å². The molecule has 0 bridgehead atoms. The lowest BCUT2D eigenvalue weighted by atomic mass is 10.3. The van der Waals surface area contributed by atoms with Crippen LogP contribution in [0.5, 0.6) is 0 Å². The van der Waals surface area contributed by atoms with E-state index in [1.807, 2.05) is 0 Å². The van der Waals surface area contributed by atoms with Crippen molar-refractivity contribution in [3.63, 3.8) is 0 Å². The maximum absolute atomic E-state index is 12.0. The summed E-state index contributed by atoms with van der Waals surface area (Å²) in [5, 5.41) is 0. The van der Waals surface area contributed by atoms with Crippen molar-refractivity contribution in [2.75, 3.05) is 6.54 Å². The molecule has 0 fully saturated rings. The molecule has 16 heavy (non-hydrogen) atoms. The molecule has 0 aromatic heterocycles. The molecule has 0 amide bonds. The van der Waals surface area contributed by atoms with Crippen molar-refractivity contribution in [1.29, 1.82) is 0 Å². The summed E-state index contributed by atoms with van der Waals surface area (Å²) in [5.74, 6) is 0. The van der Waals surface area contributed by atoms with Gasteiger partial charge in [0, 0.05) is 22.7 Å². The summed E-state index contributed by atoms with van der Waals surface area (Å²) in [5.41, 5.74) is 0. The molecule has 1 aromatic rings. The highest BCUT2D eigenvalue weighted by atomic mass is 79.9. The molecular formula is C11H16BrNO2S. The van der Waals surface area contributed by atoms with E-state index in [0.29, 0.717) is 11.4 Å². The molecule has 90 valence electrons. The maximum Gasteiger partial charge on any atom is 0.252 e. The van der Waals surface area contributed by atoms with Crippen LogP contribution >= 0.6 is 16.1 Å². The standard InChI is InChI=1S/C11H16BrNO2S/c1-2-3-7-10-13(12)16(14,15)11-8-5-4-6-9-11/h4-6,8-9H,2-3,7,10H2,1H3. The van der Waals surface area contributed by atoms with Gasteiger partial charge in [0.15, 0.2) is 0 Å². The Balaban J connectivity index is 2.71. The predicted octanol–water partition coefficient (Wildman–Crippen LogP) is 3.18. The van der Waals surface area contributed by atoms with E-state index in [2.05, 4.69) is 23.1 Å². The van der Waals surface area contributed by atoms with Crippen LogP contribution < -0.4 is 0 Å². The zero-order valence-electron chi connectivity index (χ0n) is 9.27. The minimum absolute atomic E-state index is 0.323. The Kier molecular flexibility index (Phi) is 5.44. The Morgan fingerprint density at radius 3 is 2.38 bits per heavy atom. The summed E-state index contributed by atoms with van der Waals surface area (Å²) in [6, 6.07) is 8.45. The van der Waals surface area contributed by atoms with Crippen molar-refractivity contribution < 1.29 is 8.42 Å². The first-order valence-electron chi connectivity index (χ1n) is 5.32. The number of unbranched alkanes of at least 4 members (excludes halogenated alkanes) is 2. The van der Waals surface area contributed by atoms with Gasteiger partial charge in [-0.1, -0.05) is 38.0 Å². The lowest BCUT2D eigenvalue weighted by Gasteiger charge is -2.14. The Hall–Kier alpha value is -0.390. The highest BCUT2D eigenvalue weighted by molar-refractivity contribution is 9.08. The Morgan fingerprint density at radius 2 is 1.81 bits per heavy atom. The zero-order valence-corrected chi connectivity index (χ0v) is 11.7. The van der Waals surface area contributed by atoms with E-state index in [1.165, 1.54) is 3.33 Å². The van der Waals surface area contributed by atoms with Gasteiger partial charge in [0.2, 0.25) is 0 Å². The molecule has 0 saturated heterocycles. The minimum atomic E-state index is -3.37.